The molecule has 21 heavy (non-hydrogen) atoms. The molecule has 1 aromatic carbocycles. The highest BCUT2D eigenvalue weighted by Crippen LogP contribution is 2.16. The van der Waals surface area contributed by atoms with E-state index in [0.29, 0.717) is 0 Å². The Morgan fingerprint density at radius 3 is 2.33 bits per heavy atom. The van der Waals surface area contributed by atoms with Crippen molar-refractivity contribution in [3.63, 3.8) is 0 Å². The van der Waals surface area contributed by atoms with Crippen molar-refractivity contribution in [2.45, 2.75) is 23.8 Å². The summed E-state index contributed by atoms with van der Waals surface area (Å²) in [5.41, 5.74) is -0.217. The standard InChI is InChI=1S/C12H13NO7S/c14-10(15)6-5-8(12(18)19)13-21(20)9-4-2-1-3-7(9)11(16)17/h1-4,8,13H,5-6H2,(H,14,15)(H,16,17)(H,18,19). The molecule has 1 rings (SSSR count). The minimum Gasteiger partial charge on any atom is -0.593 e. The molecular weight excluding hydrogens is 302 g/mol. The van der Waals surface area contributed by atoms with Gasteiger partial charge in [-0.1, -0.05) is 12.1 Å². The van der Waals surface area contributed by atoms with Gasteiger partial charge in [0.1, 0.15) is 5.56 Å². The van der Waals surface area contributed by atoms with E-state index in [1.54, 1.807) is 0 Å². The van der Waals surface area contributed by atoms with Gasteiger partial charge in [0.25, 0.3) is 0 Å². The third-order valence-electron chi connectivity index (χ3n) is 2.51. The van der Waals surface area contributed by atoms with Crippen LogP contribution in [0.1, 0.15) is 23.2 Å². The van der Waals surface area contributed by atoms with Gasteiger partial charge in [-0.2, -0.15) is 0 Å². The number of nitrogens with one attached hydrogen (secondary N) is 1. The monoisotopic (exact) mass is 315 g/mol. The number of carboxylic acids is 3. The maximum absolute atomic E-state index is 12.1. The fourth-order valence-electron chi connectivity index (χ4n) is 1.50. The molecule has 0 aromatic heterocycles. The Balaban J connectivity index is 2.87. The van der Waals surface area contributed by atoms with E-state index in [9.17, 15) is 18.9 Å². The number of carbonyl (C=O) groups is 3. The Hall–Kier alpha value is -2.10. The SMILES string of the molecule is O=C(O)CCC(N[S+]([O-])c1ccccc1C(=O)O)C(=O)O. The maximum Gasteiger partial charge on any atom is 0.340 e. The first kappa shape index (κ1) is 17.0. The largest absolute Gasteiger partial charge is 0.593 e. The zero-order valence-electron chi connectivity index (χ0n) is 10.7. The van der Waals surface area contributed by atoms with E-state index in [2.05, 4.69) is 4.72 Å². The second kappa shape index (κ2) is 7.62. The predicted octanol–water partition coefficient (Wildman–Crippen LogP) is 0.315. The molecule has 2 unspecified atom stereocenters. The minimum absolute atomic E-state index is 0.0772. The average Bonchev–Trinajstić information content (AvgIpc) is 2.42. The zero-order valence-corrected chi connectivity index (χ0v) is 11.5. The van der Waals surface area contributed by atoms with Gasteiger partial charge in [0, 0.05) is 6.42 Å². The predicted molar refractivity (Wildman–Crippen MR) is 71.2 cm³/mol. The first-order valence-corrected chi connectivity index (χ1v) is 6.92. The molecule has 9 heteroatoms. The molecule has 8 nitrogen and oxygen atoms in total. The summed E-state index contributed by atoms with van der Waals surface area (Å²) in [6.07, 6.45) is -0.687. The van der Waals surface area contributed by atoms with E-state index >= 15 is 0 Å². The van der Waals surface area contributed by atoms with Gasteiger partial charge in [-0.25, -0.2) is 4.79 Å². The van der Waals surface area contributed by atoms with Crippen LogP contribution in [0.4, 0.5) is 0 Å². The van der Waals surface area contributed by atoms with Crippen molar-refractivity contribution >= 4 is 29.3 Å². The van der Waals surface area contributed by atoms with E-state index in [1.807, 2.05) is 0 Å². The van der Waals surface area contributed by atoms with Crippen LogP contribution in [-0.2, 0) is 21.0 Å². The van der Waals surface area contributed by atoms with Crippen LogP contribution in [0.3, 0.4) is 0 Å². The van der Waals surface area contributed by atoms with E-state index < -0.39 is 41.7 Å². The molecule has 0 saturated heterocycles. The molecule has 0 aliphatic carbocycles. The maximum atomic E-state index is 12.1. The quantitative estimate of drug-likeness (QED) is 0.501. The van der Waals surface area contributed by atoms with Gasteiger partial charge in [-0.3, -0.25) is 9.59 Å². The molecule has 0 aliphatic heterocycles. The van der Waals surface area contributed by atoms with Gasteiger partial charge < -0.3 is 19.9 Å². The molecule has 0 saturated carbocycles. The molecule has 0 bridgehead atoms. The van der Waals surface area contributed by atoms with E-state index in [-0.39, 0.29) is 16.9 Å². The lowest BCUT2D eigenvalue weighted by Gasteiger charge is -2.17. The molecule has 0 fully saturated rings. The van der Waals surface area contributed by atoms with Gasteiger partial charge in [0.05, 0.1) is 11.4 Å². The summed E-state index contributed by atoms with van der Waals surface area (Å²) in [5, 5.41) is 26.5. The third kappa shape index (κ3) is 5.06. The minimum atomic E-state index is -2.09. The van der Waals surface area contributed by atoms with Gasteiger partial charge >= 0.3 is 17.9 Å². The van der Waals surface area contributed by atoms with Crippen LogP contribution in [0, 0.1) is 0 Å². The van der Waals surface area contributed by atoms with Crippen molar-refractivity contribution in [3.8, 4) is 0 Å². The topological polar surface area (TPSA) is 147 Å². The molecule has 2 atom stereocenters. The summed E-state index contributed by atoms with van der Waals surface area (Å²) < 4.78 is 14.3. The fraction of sp³-hybridized carbons (Fsp3) is 0.250. The molecule has 0 heterocycles. The molecule has 0 aliphatic rings. The molecule has 0 amide bonds. The normalized spacial score (nSPS) is 13.4. The van der Waals surface area contributed by atoms with E-state index in [4.69, 9.17) is 15.3 Å². The second-order valence-electron chi connectivity index (χ2n) is 4.01. The number of aromatic carboxylic acids is 1. The lowest BCUT2D eigenvalue weighted by molar-refractivity contribution is -0.140. The zero-order chi connectivity index (χ0) is 16.0. The van der Waals surface area contributed by atoms with E-state index in [0.717, 1.165) is 0 Å². The molecule has 1 aromatic rings. The Bertz CT molecular complexity index is 548. The smallest absolute Gasteiger partial charge is 0.340 e. The van der Waals surface area contributed by atoms with E-state index in [1.165, 1.54) is 24.3 Å². The van der Waals surface area contributed by atoms with Gasteiger partial charge in [-0.15, -0.1) is 4.72 Å². The fourth-order valence-corrected chi connectivity index (χ4v) is 2.66. The molecular formula is C12H13NO7S. The number of aliphatic carboxylic acids is 2. The van der Waals surface area contributed by atoms with Crippen molar-refractivity contribution in [1.29, 1.82) is 0 Å². The Morgan fingerprint density at radius 2 is 1.81 bits per heavy atom. The van der Waals surface area contributed by atoms with Crippen LogP contribution in [0.15, 0.2) is 29.2 Å². The van der Waals surface area contributed by atoms with Gasteiger partial charge in [0.15, 0.2) is 10.9 Å². The van der Waals surface area contributed by atoms with Crippen molar-refractivity contribution in [2.75, 3.05) is 0 Å². The highest BCUT2D eigenvalue weighted by Gasteiger charge is 2.28. The van der Waals surface area contributed by atoms with Crippen LogP contribution < -0.4 is 4.72 Å². The lowest BCUT2D eigenvalue weighted by atomic mass is 10.2. The number of rotatable bonds is 8. The average molecular weight is 315 g/mol. The highest BCUT2D eigenvalue weighted by molar-refractivity contribution is 7.89. The first-order chi connectivity index (χ1) is 9.82. The Morgan fingerprint density at radius 1 is 1.19 bits per heavy atom. The summed E-state index contributed by atoms with van der Waals surface area (Å²) in [4.78, 5) is 32.4. The summed E-state index contributed by atoms with van der Waals surface area (Å²) in [7, 11) is 0. The van der Waals surface area contributed by atoms with Crippen molar-refractivity contribution in [2.24, 2.45) is 0 Å². The lowest BCUT2D eigenvalue weighted by Crippen LogP contribution is -2.41. The number of benzene rings is 1. The Labute approximate surface area is 122 Å². The van der Waals surface area contributed by atoms with Gasteiger partial charge in [-0.05, 0) is 18.6 Å². The number of hydrogen-bond acceptors (Lipinski definition) is 5. The van der Waals surface area contributed by atoms with Crippen molar-refractivity contribution < 1.29 is 34.3 Å². The Kier molecular flexibility index (Phi) is 6.15. The number of carboxylic acid groups (broad SMARTS) is 3. The molecule has 114 valence electrons. The highest BCUT2D eigenvalue weighted by atomic mass is 32.2. The van der Waals surface area contributed by atoms with Crippen molar-refractivity contribution in [1.82, 2.24) is 4.72 Å². The van der Waals surface area contributed by atoms with Crippen LogP contribution >= 0.6 is 0 Å². The van der Waals surface area contributed by atoms with Crippen LogP contribution in [0.2, 0.25) is 0 Å². The van der Waals surface area contributed by atoms with Crippen molar-refractivity contribution in [3.05, 3.63) is 29.8 Å². The summed E-state index contributed by atoms with van der Waals surface area (Å²) in [5.74, 6) is -3.84. The molecule has 0 spiro atoms. The van der Waals surface area contributed by atoms with Crippen LogP contribution in [0.25, 0.3) is 0 Å². The summed E-state index contributed by atoms with van der Waals surface area (Å²) in [6, 6.07) is 4.09. The van der Waals surface area contributed by atoms with Crippen LogP contribution in [-0.4, -0.2) is 43.8 Å². The first-order valence-electron chi connectivity index (χ1n) is 5.77. The third-order valence-corrected chi connectivity index (χ3v) is 3.77. The summed E-state index contributed by atoms with van der Waals surface area (Å²) >= 11 is -2.09. The molecule has 0 radical (unpaired) electrons. The molecule has 4 N–H and O–H groups in total. The second-order valence-corrected chi connectivity index (χ2v) is 5.22. The number of hydrogen-bond donors (Lipinski definition) is 4. The van der Waals surface area contributed by atoms with Crippen LogP contribution in [0.5, 0.6) is 0 Å². The summed E-state index contributed by atoms with van der Waals surface area (Å²) in [6.45, 7) is 0. The van der Waals surface area contributed by atoms with Gasteiger partial charge in [0.2, 0.25) is 0 Å².